The number of rotatable bonds is 15. The molecule has 4 rings (SSSR count). The first-order valence-electron chi connectivity index (χ1n) is 16.6. The van der Waals surface area contributed by atoms with Gasteiger partial charge in [-0.15, -0.1) is 0 Å². The normalized spacial score (nSPS) is 27.6. The van der Waals surface area contributed by atoms with Crippen LogP contribution in [0.2, 0.25) is 0 Å². The fraction of sp³-hybridized carbons (Fsp3) is 0.679. The summed E-state index contributed by atoms with van der Waals surface area (Å²) in [5, 5.41) is 0. The van der Waals surface area contributed by atoms with Gasteiger partial charge >= 0.3 is 114 Å². The third kappa shape index (κ3) is 7.97. The zero-order valence-corrected chi connectivity index (χ0v) is 32.8. The van der Waals surface area contributed by atoms with E-state index in [1.165, 1.54) is 14.2 Å². The van der Waals surface area contributed by atoms with Gasteiger partial charge in [-0.2, -0.15) is 171 Å². The molecule has 0 N–H and O–H groups in total. The second-order valence-electron chi connectivity index (χ2n) is 14.1. The van der Waals surface area contributed by atoms with Crippen molar-refractivity contribution >= 4 is 17.9 Å². The summed E-state index contributed by atoms with van der Waals surface area (Å²) in [6.45, 7) is 0. The number of carbonyl (C=O) groups is 3. The van der Waals surface area contributed by atoms with Gasteiger partial charge in [-0.1, -0.05) is 0 Å². The summed E-state index contributed by atoms with van der Waals surface area (Å²) in [6, 6.07) is 0. The van der Waals surface area contributed by atoms with Crippen LogP contribution >= 0.6 is 0 Å². The molecule has 0 spiro atoms. The lowest BCUT2D eigenvalue weighted by atomic mass is 9.38. The van der Waals surface area contributed by atoms with Crippen LogP contribution < -0.4 is 0 Å². The average Bonchev–Trinajstić information content (AvgIpc) is 3.12. The van der Waals surface area contributed by atoms with Crippen molar-refractivity contribution in [2.24, 2.45) is 0 Å². The number of ether oxygens (including phenoxy) is 6. The van der Waals surface area contributed by atoms with E-state index in [1.807, 2.05) is 0 Å². The molecule has 4 saturated carbocycles. The molecule has 49 heteroatoms. The molecule has 9 nitrogen and oxygen atoms in total. The summed E-state index contributed by atoms with van der Waals surface area (Å²) in [5.74, 6) is -76.9. The highest BCUT2D eigenvalue weighted by Gasteiger charge is 3.24. The number of halogens is 40. The van der Waals surface area contributed by atoms with E-state index in [0.717, 1.165) is 0 Å². The third-order valence-electron chi connectivity index (χ3n) is 9.83. The highest BCUT2D eigenvalue weighted by Crippen LogP contribution is 2.90. The van der Waals surface area contributed by atoms with Gasteiger partial charge in [0.05, 0.1) is 0 Å². The van der Waals surface area contributed by atoms with Crippen LogP contribution in [0, 0.1) is 0 Å². The fourth-order valence-corrected chi connectivity index (χ4v) is 6.75. The monoisotopic (exact) mass is 1240 g/mol. The van der Waals surface area contributed by atoms with Crippen LogP contribution in [0.1, 0.15) is 0 Å². The predicted molar refractivity (Wildman–Crippen MR) is 139 cm³/mol. The highest BCUT2D eigenvalue weighted by atomic mass is 19.4. The van der Waals surface area contributed by atoms with Gasteiger partial charge < -0.3 is 14.2 Å². The van der Waals surface area contributed by atoms with Crippen molar-refractivity contribution in [2.45, 2.75) is 113 Å². The number of esters is 3. The van der Waals surface area contributed by atoms with Gasteiger partial charge in [-0.05, 0) is 0 Å². The van der Waals surface area contributed by atoms with Crippen LogP contribution in [0.4, 0.5) is 176 Å². The Morgan fingerprint density at radius 3 is 0.545 bits per heavy atom. The van der Waals surface area contributed by atoms with Crippen molar-refractivity contribution in [3.8, 4) is 0 Å². The summed E-state index contributed by atoms with van der Waals surface area (Å²) < 4.78 is 591. The minimum Gasteiger partial charge on any atom is -0.390 e. The van der Waals surface area contributed by atoms with E-state index in [1.54, 1.807) is 14.2 Å². The maximum atomic E-state index is 16.5. The molecular weight excluding hydrogens is 1240 g/mol. The molecule has 0 aromatic carbocycles. The van der Waals surface area contributed by atoms with E-state index in [-0.39, 0.29) is 0 Å². The molecule has 0 atom stereocenters. The van der Waals surface area contributed by atoms with Crippen molar-refractivity contribution < 1.29 is 218 Å². The third-order valence-corrected chi connectivity index (χ3v) is 9.83. The molecule has 0 aromatic rings. The van der Waals surface area contributed by atoms with E-state index in [4.69, 9.17) is 0 Å². The van der Waals surface area contributed by atoms with E-state index in [9.17, 15) is 107 Å². The van der Waals surface area contributed by atoms with Gasteiger partial charge in [0.2, 0.25) is 16.7 Å². The maximum absolute atomic E-state index is 16.5. The number of alkyl halides is 34. The van der Waals surface area contributed by atoms with Crippen molar-refractivity contribution in [2.75, 3.05) is 0 Å². The smallest absolute Gasteiger partial charge is 0.390 e. The first-order valence-corrected chi connectivity index (χ1v) is 16.6. The van der Waals surface area contributed by atoms with Crippen molar-refractivity contribution in [3.63, 3.8) is 0 Å². The minimum atomic E-state index is -10.4. The SMILES string of the molecule is O=C(OC(F)(F)C(F)(F)OC12C(F)(F)C3(F)C(F)(F)C(OC(F)(F)C(F)(F)OC(=O)C(=C(F)F)C(F)(F)F)(C1(F)F)C(F)(F)C(OC(F)(F)C(F)(F)OC(=O)C(=C(F)F)C(F)(F)F)(C3(F)F)C2(F)F)C(=C(F)F)C(F)(F)F. The summed E-state index contributed by atoms with van der Waals surface area (Å²) in [4.78, 5) is 34.2. The van der Waals surface area contributed by atoms with Crippen molar-refractivity contribution in [1.29, 1.82) is 0 Å². The number of carbonyl (C=O) groups excluding carboxylic acids is 3. The fourth-order valence-electron chi connectivity index (χ4n) is 6.75. The molecule has 0 aromatic heterocycles. The standard InChI is InChI=1S/C28F40O9/c29-4(30)1(10(35,36)37)7(69)72-23(57,58)26(63,64)75-14-17(45,46)13(44)18(47,48)15(20(14,51)52,76-27(65,66)24(59,60)73-8(70)2(5(31)32)11(38,39)40)22(55,56)16(19(13,49)50,21(14,53)54)77-28(67,68)25(61,62)74-9(71)3(6(33)34)12(41,42)43. The van der Waals surface area contributed by atoms with E-state index >= 15 is 83.4 Å². The molecule has 0 aliphatic heterocycles. The van der Waals surface area contributed by atoms with E-state index in [0.29, 0.717) is 0 Å². The summed E-state index contributed by atoms with van der Waals surface area (Å²) in [5.41, 5.74) is -55.6. The summed E-state index contributed by atoms with van der Waals surface area (Å²) in [7, 11) is 0. The Balaban J connectivity index is 2.80. The Bertz CT molecular complexity index is 2220. The van der Waals surface area contributed by atoms with Crippen molar-refractivity contribution in [1.82, 2.24) is 0 Å². The van der Waals surface area contributed by atoms with Gasteiger partial charge in [0.1, 0.15) is 0 Å². The molecule has 4 aliphatic carbocycles. The minimum absolute atomic E-state index is 1.23. The zero-order chi connectivity index (χ0) is 61.9. The van der Waals surface area contributed by atoms with Crippen LogP contribution in [0.5, 0.6) is 0 Å². The lowest BCUT2D eigenvalue weighted by molar-refractivity contribution is -0.677. The zero-order valence-electron chi connectivity index (χ0n) is 32.8. The largest absolute Gasteiger partial charge is 0.496 e. The molecular formula is C28F40O9. The number of hydrogen-bond donors (Lipinski definition) is 0. The molecule has 4 bridgehead atoms. The highest BCUT2D eigenvalue weighted by molar-refractivity contribution is 5.91. The Morgan fingerprint density at radius 1 is 0.260 bits per heavy atom. The molecule has 77 heavy (non-hydrogen) atoms. The molecule has 446 valence electrons. The first-order chi connectivity index (χ1) is 33.2. The van der Waals surface area contributed by atoms with Crippen LogP contribution in [0.15, 0.2) is 35.0 Å². The van der Waals surface area contributed by atoms with Crippen LogP contribution in [-0.2, 0) is 42.8 Å². The molecule has 4 fully saturated rings. The van der Waals surface area contributed by atoms with Crippen LogP contribution in [0.25, 0.3) is 0 Å². The summed E-state index contributed by atoms with van der Waals surface area (Å²) >= 11 is 0. The van der Waals surface area contributed by atoms with Crippen molar-refractivity contribution in [3.05, 3.63) is 35.0 Å². The predicted octanol–water partition coefficient (Wildman–Crippen LogP) is 12.1. The molecule has 4 aliphatic rings. The molecule has 0 unspecified atom stereocenters. The Kier molecular flexibility index (Phi) is 14.7. The Morgan fingerprint density at radius 2 is 0.416 bits per heavy atom. The van der Waals surface area contributed by atoms with Crippen LogP contribution in [0.3, 0.4) is 0 Å². The lowest BCUT2D eigenvalue weighted by Crippen LogP contribution is -3.12. The van der Waals surface area contributed by atoms with E-state index in [2.05, 4.69) is 0 Å². The lowest BCUT2D eigenvalue weighted by Gasteiger charge is -2.77. The van der Waals surface area contributed by atoms with Gasteiger partial charge in [0.25, 0.3) is 35.0 Å². The quantitative estimate of drug-likeness (QED) is 0.0686. The molecule has 0 radical (unpaired) electrons. The number of hydrogen-bond acceptors (Lipinski definition) is 9. The second kappa shape index (κ2) is 17.1. The first kappa shape index (κ1) is 66.0. The average molecular weight is 1240 g/mol. The summed E-state index contributed by atoms with van der Waals surface area (Å²) in [6.07, 6.45) is -92.2. The van der Waals surface area contributed by atoms with Gasteiger partial charge in [-0.25, -0.2) is 18.8 Å². The Hall–Kier alpha value is -5.29. The second-order valence-corrected chi connectivity index (χ2v) is 14.1. The topological polar surface area (TPSA) is 107 Å². The molecule has 0 amide bonds. The van der Waals surface area contributed by atoms with Gasteiger partial charge in [0.15, 0.2) is 0 Å². The van der Waals surface area contributed by atoms with E-state index < -0.39 is 166 Å². The molecule has 0 saturated heterocycles. The van der Waals surface area contributed by atoms with Gasteiger partial charge in [-0.3, -0.25) is 14.2 Å². The van der Waals surface area contributed by atoms with Gasteiger partial charge in [0, 0.05) is 0 Å². The van der Waals surface area contributed by atoms with Crippen LogP contribution in [-0.4, -0.2) is 131 Å². The molecule has 0 heterocycles. The Labute approximate surface area is 385 Å². The maximum Gasteiger partial charge on any atom is 0.496 e.